The van der Waals surface area contributed by atoms with Crippen LogP contribution in [0.2, 0.25) is 5.15 Å². The van der Waals surface area contributed by atoms with Crippen LogP contribution in [0.3, 0.4) is 0 Å². The Morgan fingerprint density at radius 3 is 2.61 bits per heavy atom. The van der Waals surface area contributed by atoms with Gasteiger partial charge in [-0.2, -0.15) is 0 Å². The molecular formula is C12H9ClN2O3. The second-order valence-corrected chi connectivity index (χ2v) is 3.86. The van der Waals surface area contributed by atoms with Crippen LogP contribution in [0.5, 0.6) is 5.75 Å². The highest BCUT2D eigenvalue weighted by molar-refractivity contribution is 6.30. The molecule has 0 bridgehead atoms. The van der Waals surface area contributed by atoms with E-state index >= 15 is 0 Å². The quantitative estimate of drug-likeness (QED) is 0.483. The molecule has 92 valence electrons. The van der Waals surface area contributed by atoms with Crippen molar-refractivity contribution in [2.45, 2.75) is 6.61 Å². The lowest BCUT2D eigenvalue weighted by Crippen LogP contribution is -1.97. The van der Waals surface area contributed by atoms with Gasteiger partial charge in [0.15, 0.2) is 10.9 Å². The molecular weight excluding hydrogens is 256 g/mol. The van der Waals surface area contributed by atoms with Gasteiger partial charge in [0.25, 0.3) is 5.69 Å². The largest absolute Gasteiger partial charge is 0.486 e. The van der Waals surface area contributed by atoms with Gasteiger partial charge in [-0.15, -0.1) is 0 Å². The summed E-state index contributed by atoms with van der Waals surface area (Å²) in [6.07, 6.45) is 1.57. The molecule has 5 nitrogen and oxygen atoms in total. The number of pyridine rings is 1. The van der Waals surface area contributed by atoms with Gasteiger partial charge in [0, 0.05) is 18.3 Å². The Kier molecular flexibility index (Phi) is 3.74. The van der Waals surface area contributed by atoms with E-state index in [9.17, 15) is 10.1 Å². The smallest absolute Gasteiger partial charge is 0.269 e. The molecule has 0 amide bonds. The zero-order chi connectivity index (χ0) is 13.0. The summed E-state index contributed by atoms with van der Waals surface area (Å²) >= 11 is 5.83. The molecule has 0 aliphatic carbocycles. The van der Waals surface area contributed by atoms with Crippen LogP contribution >= 0.6 is 11.6 Å². The Morgan fingerprint density at radius 1 is 1.28 bits per heavy atom. The Hall–Kier alpha value is -2.14. The van der Waals surface area contributed by atoms with Gasteiger partial charge >= 0.3 is 0 Å². The minimum atomic E-state index is -0.442. The third-order valence-electron chi connectivity index (χ3n) is 2.27. The highest BCUT2D eigenvalue weighted by Crippen LogP contribution is 2.22. The first-order chi connectivity index (χ1) is 8.66. The van der Waals surface area contributed by atoms with Crippen molar-refractivity contribution in [3.8, 4) is 5.75 Å². The van der Waals surface area contributed by atoms with Crippen molar-refractivity contribution in [2.24, 2.45) is 0 Å². The summed E-state index contributed by atoms with van der Waals surface area (Å²) in [7, 11) is 0. The molecule has 0 atom stereocenters. The molecule has 0 saturated heterocycles. The number of non-ortho nitro benzene ring substituents is 1. The number of nitro groups is 1. The lowest BCUT2D eigenvalue weighted by atomic mass is 10.2. The van der Waals surface area contributed by atoms with Crippen molar-refractivity contribution in [1.29, 1.82) is 0 Å². The number of nitro benzene ring substituents is 1. The number of aromatic nitrogens is 1. The van der Waals surface area contributed by atoms with Crippen molar-refractivity contribution in [3.63, 3.8) is 0 Å². The maximum atomic E-state index is 10.5. The zero-order valence-electron chi connectivity index (χ0n) is 9.25. The molecule has 0 aliphatic rings. The lowest BCUT2D eigenvalue weighted by Gasteiger charge is -2.06. The molecule has 2 rings (SSSR count). The fraction of sp³-hybridized carbons (Fsp3) is 0.0833. The first kappa shape index (κ1) is 12.3. The van der Waals surface area contributed by atoms with Crippen molar-refractivity contribution in [3.05, 3.63) is 63.4 Å². The summed E-state index contributed by atoms with van der Waals surface area (Å²) in [5.74, 6) is 0.484. The van der Waals surface area contributed by atoms with Crippen molar-refractivity contribution >= 4 is 17.3 Å². The predicted molar refractivity (Wildman–Crippen MR) is 66.7 cm³/mol. The van der Waals surface area contributed by atoms with Gasteiger partial charge in [-0.05, 0) is 29.8 Å². The minimum Gasteiger partial charge on any atom is -0.486 e. The highest BCUT2D eigenvalue weighted by Gasteiger charge is 2.05. The minimum absolute atomic E-state index is 0.0539. The van der Waals surface area contributed by atoms with Crippen LogP contribution in [0.25, 0.3) is 0 Å². The van der Waals surface area contributed by atoms with E-state index in [2.05, 4.69) is 4.98 Å². The summed E-state index contributed by atoms with van der Waals surface area (Å²) in [5, 5.41) is 10.8. The predicted octanol–water partition coefficient (Wildman–Crippen LogP) is 3.22. The van der Waals surface area contributed by atoms with E-state index in [4.69, 9.17) is 16.3 Å². The SMILES string of the molecule is O=[N+]([O-])c1ccc(COc2cccnc2Cl)cc1. The van der Waals surface area contributed by atoms with E-state index in [0.717, 1.165) is 5.56 Å². The molecule has 0 saturated carbocycles. The lowest BCUT2D eigenvalue weighted by molar-refractivity contribution is -0.384. The van der Waals surface area contributed by atoms with Gasteiger partial charge in [-0.1, -0.05) is 11.6 Å². The number of hydrogen-bond donors (Lipinski definition) is 0. The van der Waals surface area contributed by atoms with E-state index < -0.39 is 4.92 Å². The first-order valence-corrected chi connectivity index (χ1v) is 5.51. The van der Waals surface area contributed by atoms with Gasteiger partial charge in [0.05, 0.1) is 4.92 Å². The molecule has 18 heavy (non-hydrogen) atoms. The van der Waals surface area contributed by atoms with Crippen LogP contribution in [0.1, 0.15) is 5.56 Å². The maximum absolute atomic E-state index is 10.5. The van der Waals surface area contributed by atoms with Crippen LogP contribution in [-0.4, -0.2) is 9.91 Å². The second kappa shape index (κ2) is 5.46. The summed E-state index contributed by atoms with van der Waals surface area (Å²) in [4.78, 5) is 13.9. The molecule has 1 heterocycles. The number of rotatable bonds is 4. The molecule has 6 heteroatoms. The van der Waals surface area contributed by atoms with Gasteiger partial charge in [0.2, 0.25) is 0 Å². The van der Waals surface area contributed by atoms with Crippen molar-refractivity contribution < 1.29 is 9.66 Å². The summed E-state index contributed by atoms with van der Waals surface area (Å²) in [6.45, 7) is 0.281. The Bertz CT molecular complexity index is 558. The normalized spacial score (nSPS) is 10.1. The topological polar surface area (TPSA) is 65.3 Å². The molecule has 1 aromatic carbocycles. The van der Waals surface area contributed by atoms with Crippen LogP contribution in [-0.2, 0) is 6.61 Å². The van der Waals surface area contributed by atoms with Crippen LogP contribution < -0.4 is 4.74 Å². The summed E-state index contributed by atoms with van der Waals surface area (Å²) in [6, 6.07) is 9.58. The highest BCUT2D eigenvalue weighted by atomic mass is 35.5. The van der Waals surface area contributed by atoms with Gasteiger partial charge in [0.1, 0.15) is 6.61 Å². The average molecular weight is 265 g/mol. The Labute approximate surface area is 108 Å². The molecule has 0 fully saturated rings. The molecule has 0 aliphatic heterocycles. The van der Waals surface area contributed by atoms with Crippen molar-refractivity contribution in [2.75, 3.05) is 0 Å². The van der Waals surface area contributed by atoms with E-state index in [-0.39, 0.29) is 12.3 Å². The fourth-order valence-electron chi connectivity index (χ4n) is 1.35. The molecule has 2 aromatic rings. The van der Waals surface area contributed by atoms with Crippen LogP contribution in [0, 0.1) is 10.1 Å². The molecule has 0 spiro atoms. The number of ether oxygens (including phenoxy) is 1. The van der Waals surface area contributed by atoms with Gasteiger partial charge < -0.3 is 4.74 Å². The molecule has 0 N–H and O–H groups in total. The number of benzene rings is 1. The summed E-state index contributed by atoms with van der Waals surface area (Å²) in [5.41, 5.74) is 0.874. The number of halogens is 1. The van der Waals surface area contributed by atoms with Crippen LogP contribution in [0.15, 0.2) is 42.6 Å². The van der Waals surface area contributed by atoms with E-state index in [1.54, 1.807) is 30.5 Å². The first-order valence-electron chi connectivity index (χ1n) is 5.13. The monoisotopic (exact) mass is 264 g/mol. The van der Waals surface area contributed by atoms with E-state index in [1.165, 1.54) is 12.1 Å². The molecule has 1 aromatic heterocycles. The zero-order valence-corrected chi connectivity index (χ0v) is 10.0. The fourth-order valence-corrected chi connectivity index (χ4v) is 1.53. The average Bonchev–Trinajstić information content (AvgIpc) is 2.38. The number of hydrogen-bond acceptors (Lipinski definition) is 4. The van der Waals surface area contributed by atoms with Gasteiger partial charge in [-0.3, -0.25) is 10.1 Å². The van der Waals surface area contributed by atoms with Crippen LogP contribution in [0.4, 0.5) is 5.69 Å². The van der Waals surface area contributed by atoms with Gasteiger partial charge in [-0.25, -0.2) is 4.98 Å². The van der Waals surface area contributed by atoms with E-state index in [0.29, 0.717) is 10.9 Å². The Balaban J connectivity index is 2.02. The molecule has 0 radical (unpaired) electrons. The second-order valence-electron chi connectivity index (χ2n) is 3.50. The number of nitrogens with zero attached hydrogens (tertiary/aromatic N) is 2. The summed E-state index contributed by atoms with van der Waals surface area (Å²) < 4.78 is 5.46. The molecule has 0 unspecified atom stereocenters. The maximum Gasteiger partial charge on any atom is 0.269 e. The van der Waals surface area contributed by atoms with Crippen molar-refractivity contribution in [1.82, 2.24) is 4.98 Å². The van der Waals surface area contributed by atoms with E-state index in [1.807, 2.05) is 0 Å². The third kappa shape index (κ3) is 2.95. The standard InChI is InChI=1S/C12H9ClN2O3/c13-12-11(2-1-7-14-12)18-8-9-3-5-10(6-4-9)15(16)17/h1-7H,8H2. The Morgan fingerprint density at radius 2 is 2.00 bits per heavy atom. The third-order valence-corrected chi connectivity index (χ3v) is 2.55.